The summed E-state index contributed by atoms with van der Waals surface area (Å²) < 4.78 is 6.13. The highest BCUT2D eigenvalue weighted by Gasteiger charge is 2.29. The van der Waals surface area contributed by atoms with E-state index in [1.165, 1.54) is 44.9 Å². The van der Waals surface area contributed by atoms with Gasteiger partial charge < -0.3 is 10.1 Å². The maximum Gasteiger partial charge on any atom is 0.0806 e. The van der Waals surface area contributed by atoms with Crippen LogP contribution in [0.4, 0.5) is 0 Å². The molecular weight excluding hydrogens is 186 g/mol. The molecule has 1 N–H and O–H groups in total. The second kappa shape index (κ2) is 7.24. The average Bonchev–Trinajstić information content (AvgIpc) is 2.21. The van der Waals surface area contributed by atoms with Crippen LogP contribution in [0.2, 0.25) is 0 Å². The molecule has 0 heterocycles. The van der Waals surface area contributed by atoms with Gasteiger partial charge in [-0.25, -0.2) is 0 Å². The Balaban J connectivity index is 2.49. The highest BCUT2D eigenvalue weighted by atomic mass is 16.5. The molecule has 0 aromatic rings. The van der Waals surface area contributed by atoms with Crippen molar-refractivity contribution < 1.29 is 4.74 Å². The van der Waals surface area contributed by atoms with Gasteiger partial charge in [0.15, 0.2) is 0 Å². The minimum atomic E-state index is 0.144. The summed E-state index contributed by atoms with van der Waals surface area (Å²) in [6.45, 7) is 4.13. The van der Waals surface area contributed by atoms with E-state index in [1.54, 1.807) is 0 Å². The summed E-state index contributed by atoms with van der Waals surface area (Å²) in [5.41, 5.74) is 0.144. The van der Waals surface area contributed by atoms with Crippen molar-refractivity contribution >= 4 is 0 Å². The molecule has 1 rings (SSSR count). The smallest absolute Gasteiger partial charge is 0.0806 e. The van der Waals surface area contributed by atoms with Gasteiger partial charge in [-0.1, -0.05) is 39.0 Å². The van der Waals surface area contributed by atoms with Crippen molar-refractivity contribution in [2.75, 3.05) is 20.2 Å². The molecule has 1 fully saturated rings. The lowest BCUT2D eigenvalue weighted by molar-refractivity contribution is -0.0601. The van der Waals surface area contributed by atoms with E-state index in [1.807, 2.05) is 7.05 Å². The van der Waals surface area contributed by atoms with Crippen LogP contribution in [0, 0.1) is 0 Å². The van der Waals surface area contributed by atoms with Gasteiger partial charge in [-0.2, -0.15) is 0 Å². The minimum absolute atomic E-state index is 0.144. The van der Waals surface area contributed by atoms with Crippen LogP contribution in [0.3, 0.4) is 0 Å². The van der Waals surface area contributed by atoms with Crippen LogP contribution in [0.25, 0.3) is 0 Å². The number of likely N-dealkylation sites (N-methyl/N-ethyl adjacent to an activating group) is 1. The van der Waals surface area contributed by atoms with Crippen molar-refractivity contribution in [3.63, 3.8) is 0 Å². The van der Waals surface area contributed by atoms with Crippen LogP contribution >= 0.6 is 0 Å². The quantitative estimate of drug-likeness (QED) is 0.757. The predicted octanol–water partition coefficient (Wildman–Crippen LogP) is 3.12. The monoisotopic (exact) mass is 213 g/mol. The first-order chi connectivity index (χ1) is 7.33. The van der Waals surface area contributed by atoms with Crippen LogP contribution in [-0.4, -0.2) is 25.8 Å². The zero-order valence-electron chi connectivity index (χ0n) is 10.5. The Bertz CT molecular complexity index is 145. The second-order valence-corrected chi connectivity index (χ2v) is 4.83. The fourth-order valence-electron chi connectivity index (χ4n) is 2.56. The van der Waals surface area contributed by atoms with E-state index < -0.39 is 0 Å². The minimum Gasteiger partial charge on any atom is -0.374 e. The van der Waals surface area contributed by atoms with Gasteiger partial charge in [0, 0.05) is 13.2 Å². The van der Waals surface area contributed by atoms with E-state index in [4.69, 9.17) is 4.74 Å². The predicted molar refractivity (Wildman–Crippen MR) is 65.2 cm³/mol. The zero-order chi connectivity index (χ0) is 11.0. The van der Waals surface area contributed by atoms with Crippen molar-refractivity contribution in [3.8, 4) is 0 Å². The second-order valence-electron chi connectivity index (χ2n) is 4.83. The number of hydrogen-bond acceptors (Lipinski definition) is 2. The molecule has 1 aliphatic rings. The van der Waals surface area contributed by atoms with Gasteiger partial charge in [-0.05, 0) is 26.3 Å². The highest BCUT2D eigenvalue weighted by Crippen LogP contribution is 2.29. The van der Waals surface area contributed by atoms with E-state index in [0.29, 0.717) is 0 Å². The molecule has 15 heavy (non-hydrogen) atoms. The normalized spacial score (nSPS) is 22.0. The molecule has 0 radical (unpaired) electrons. The Morgan fingerprint density at radius 3 is 2.20 bits per heavy atom. The van der Waals surface area contributed by atoms with Gasteiger partial charge in [0.25, 0.3) is 0 Å². The lowest BCUT2D eigenvalue weighted by Gasteiger charge is -2.35. The molecule has 2 nitrogen and oxygen atoms in total. The molecule has 0 amide bonds. The fraction of sp³-hybridized carbons (Fsp3) is 1.00. The van der Waals surface area contributed by atoms with Crippen molar-refractivity contribution in [1.29, 1.82) is 0 Å². The molecule has 0 saturated heterocycles. The molecule has 2 heteroatoms. The molecule has 1 aliphatic carbocycles. The first kappa shape index (κ1) is 13.0. The van der Waals surface area contributed by atoms with Crippen molar-refractivity contribution in [1.82, 2.24) is 5.32 Å². The van der Waals surface area contributed by atoms with E-state index in [9.17, 15) is 0 Å². The number of hydrogen-bond donors (Lipinski definition) is 1. The molecular formula is C13H27NO. The summed E-state index contributed by atoms with van der Waals surface area (Å²) in [5.74, 6) is 0. The summed E-state index contributed by atoms with van der Waals surface area (Å²) in [5, 5.41) is 3.31. The van der Waals surface area contributed by atoms with Gasteiger partial charge in [0.1, 0.15) is 0 Å². The topological polar surface area (TPSA) is 21.3 Å². The maximum absolute atomic E-state index is 6.13. The molecule has 90 valence electrons. The van der Waals surface area contributed by atoms with Crippen molar-refractivity contribution in [3.05, 3.63) is 0 Å². The zero-order valence-corrected chi connectivity index (χ0v) is 10.5. The summed E-state index contributed by atoms with van der Waals surface area (Å²) in [4.78, 5) is 0. The summed E-state index contributed by atoms with van der Waals surface area (Å²) in [6.07, 6.45) is 10.5. The average molecular weight is 213 g/mol. The number of nitrogens with one attached hydrogen (secondary N) is 1. The van der Waals surface area contributed by atoms with E-state index in [2.05, 4.69) is 12.2 Å². The Kier molecular flexibility index (Phi) is 6.26. The molecule has 0 aromatic carbocycles. The maximum atomic E-state index is 6.13. The first-order valence-electron chi connectivity index (χ1n) is 6.61. The largest absolute Gasteiger partial charge is 0.374 e. The summed E-state index contributed by atoms with van der Waals surface area (Å²) in [6, 6.07) is 0. The third-order valence-corrected chi connectivity index (χ3v) is 3.38. The van der Waals surface area contributed by atoms with E-state index in [0.717, 1.165) is 19.6 Å². The van der Waals surface area contributed by atoms with Crippen LogP contribution in [0.5, 0.6) is 0 Å². The standard InChI is InChI=1S/C13H27NO/c1-3-11-15-13(12-14-2)9-7-5-4-6-8-10-13/h14H,3-12H2,1-2H3. The Morgan fingerprint density at radius 2 is 1.67 bits per heavy atom. The van der Waals surface area contributed by atoms with Gasteiger partial charge >= 0.3 is 0 Å². The van der Waals surface area contributed by atoms with Gasteiger partial charge in [-0.3, -0.25) is 0 Å². The van der Waals surface area contributed by atoms with Crippen molar-refractivity contribution in [2.24, 2.45) is 0 Å². The molecule has 0 spiro atoms. The highest BCUT2D eigenvalue weighted by molar-refractivity contribution is 4.84. The van der Waals surface area contributed by atoms with Crippen molar-refractivity contribution in [2.45, 2.75) is 63.9 Å². The van der Waals surface area contributed by atoms with Crippen LogP contribution in [0.1, 0.15) is 58.3 Å². The van der Waals surface area contributed by atoms with Crippen LogP contribution in [-0.2, 0) is 4.74 Å². The molecule has 0 atom stereocenters. The number of rotatable bonds is 5. The molecule has 1 saturated carbocycles. The van der Waals surface area contributed by atoms with Crippen LogP contribution < -0.4 is 5.32 Å². The Labute approximate surface area is 94.8 Å². The molecule has 0 aliphatic heterocycles. The lowest BCUT2D eigenvalue weighted by atomic mass is 9.86. The third kappa shape index (κ3) is 4.52. The van der Waals surface area contributed by atoms with E-state index >= 15 is 0 Å². The first-order valence-corrected chi connectivity index (χ1v) is 6.61. The summed E-state index contributed by atoms with van der Waals surface area (Å²) >= 11 is 0. The number of ether oxygens (including phenoxy) is 1. The van der Waals surface area contributed by atoms with Gasteiger partial charge in [0.2, 0.25) is 0 Å². The lowest BCUT2D eigenvalue weighted by Crippen LogP contribution is -2.42. The third-order valence-electron chi connectivity index (χ3n) is 3.38. The van der Waals surface area contributed by atoms with Gasteiger partial charge in [-0.15, -0.1) is 0 Å². The fourth-order valence-corrected chi connectivity index (χ4v) is 2.56. The molecule has 0 aromatic heterocycles. The van der Waals surface area contributed by atoms with Crippen LogP contribution in [0.15, 0.2) is 0 Å². The molecule has 0 unspecified atom stereocenters. The Hall–Kier alpha value is -0.0800. The summed E-state index contributed by atoms with van der Waals surface area (Å²) in [7, 11) is 2.04. The van der Waals surface area contributed by atoms with Gasteiger partial charge in [0.05, 0.1) is 5.60 Å². The molecule has 0 bridgehead atoms. The SMILES string of the molecule is CCCOC1(CNC)CCCCCCC1. The Morgan fingerprint density at radius 1 is 1.07 bits per heavy atom. The van der Waals surface area contributed by atoms with E-state index in [-0.39, 0.29) is 5.60 Å².